The summed E-state index contributed by atoms with van der Waals surface area (Å²) in [5.74, 6) is -0.321. The monoisotopic (exact) mass is 451 g/mol. The van der Waals surface area contributed by atoms with Crippen molar-refractivity contribution >= 4 is 23.4 Å². The quantitative estimate of drug-likeness (QED) is 0.233. The zero-order valence-electron chi connectivity index (χ0n) is 17.0. The molecule has 0 bridgehead atoms. The van der Waals surface area contributed by atoms with Crippen LogP contribution in [-0.4, -0.2) is 36.8 Å². The Labute approximate surface area is 188 Å². The highest BCUT2D eigenvalue weighted by atomic mass is 35.5. The van der Waals surface area contributed by atoms with Crippen molar-refractivity contribution in [3.05, 3.63) is 93.5 Å². The fraction of sp³-hybridized carbons (Fsp3) is 0.136. The molecule has 9 nitrogen and oxygen atoms in total. The molecule has 0 amide bonds. The van der Waals surface area contributed by atoms with Crippen LogP contribution in [0.3, 0.4) is 0 Å². The molecule has 0 N–H and O–H groups in total. The van der Waals surface area contributed by atoms with Gasteiger partial charge in [-0.05, 0) is 35.3 Å². The highest BCUT2D eigenvalue weighted by Gasteiger charge is 2.20. The van der Waals surface area contributed by atoms with Crippen molar-refractivity contribution in [3.8, 4) is 16.9 Å². The van der Waals surface area contributed by atoms with E-state index >= 15 is 0 Å². The molecule has 2 heterocycles. The lowest BCUT2D eigenvalue weighted by Gasteiger charge is -2.07. The van der Waals surface area contributed by atoms with Gasteiger partial charge in [0, 0.05) is 17.5 Å². The number of hydrogen-bond donors (Lipinski definition) is 0. The highest BCUT2D eigenvalue weighted by molar-refractivity contribution is 6.30. The first kappa shape index (κ1) is 21.3. The number of ether oxygens (including phenoxy) is 1. The molecule has 0 aliphatic heterocycles. The van der Waals surface area contributed by atoms with Crippen molar-refractivity contribution < 1.29 is 14.5 Å². The SMILES string of the molecule is Cc1ncc([N+](=O)[O-])n1CCOC(=O)c1cc(-c2ccc(Cl)cc2)n(-c2ccccc2)n1. The molecule has 2 aromatic heterocycles. The first-order valence-electron chi connectivity index (χ1n) is 9.69. The molecule has 0 spiro atoms. The fourth-order valence-corrected chi connectivity index (χ4v) is 3.38. The van der Waals surface area contributed by atoms with E-state index in [2.05, 4.69) is 10.1 Å². The van der Waals surface area contributed by atoms with Crippen molar-refractivity contribution in [1.82, 2.24) is 19.3 Å². The lowest BCUT2D eigenvalue weighted by molar-refractivity contribution is -0.392. The van der Waals surface area contributed by atoms with Crippen molar-refractivity contribution in [2.75, 3.05) is 6.61 Å². The molecule has 4 rings (SSSR count). The fourth-order valence-electron chi connectivity index (χ4n) is 3.26. The van der Waals surface area contributed by atoms with E-state index < -0.39 is 10.9 Å². The zero-order chi connectivity index (χ0) is 22.7. The number of nitrogens with zero attached hydrogens (tertiary/aromatic N) is 5. The third-order valence-electron chi connectivity index (χ3n) is 4.83. The number of aryl methyl sites for hydroxylation is 1. The second-order valence-corrected chi connectivity index (χ2v) is 7.31. The predicted octanol–water partition coefficient (Wildman–Crippen LogP) is 4.46. The molecular weight excluding hydrogens is 434 g/mol. The first-order chi connectivity index (χ1) is 15.4. The molecule has 0 saturated carbocycles. The summed E-state index contributed by atoms with van der Waals surface area (Å²) >= 11 is 6.01. The average Bonchev–Trinajstić information content (AvgIpc) is 3.39. The summed E-state index contributed by atoms with van der Waals surface area (Å²) in [5.41, 5.74) is 2.42. The van der Waals surface area contributed by atoms with Crippen LogP contribution in [0.1, 0.15) is 16.3 Å². The molecule has 0 aliphatic carbocycles. The summed E-state index contributed by atoms with van der Waals surface area (Å²) < 4.78 is 8.38. The largest absolute Gasteiger partial charge is 0.457 e. The van der Waals surface area contributed by atoms with Gasteiger partial charge in [-0.2, -0.15) is 5.10 Å². The average molecular weight is 452 g/mol. The number of nitro groups is 1. The van der Waals surface area contributed by atoms with E-state index in [1.807, 2.05) is 42.5 Å². The molecule has 32 heavy (non-hydrogen) atoms. The van der Waals surface area contributed by atoms with Gasteiger partial charge in [-0.1, -0.05) is 41.9 Å². The molecule has 0 saturated heterocycles. The van der Waals surface area contributed by atoms with E-state index in [-0.39, 0.29) is 24.7 Å². The van der Waals surface area contributed by atoms with E-state index in [0.717, 1.165) is 11.3 Å². The van der Waals surface area contributed by atoms with Gasteiger partial charge in [0.05, 0.1) is 11.4 Å². The Morgan fingerprint density at radius 3 is 2.56 bits per heavy atom. The number of esters is 1. The standard InChI is InChI=1S/C22H18ClN5O4/c1-15-24-14-21(28(30)31)26(15)11-12-32-22(29)19-13-20(16-7-9-17(23)10-8-16)27(25-19)18-5-3-2-4-6-18/h2-10,13-14H,11-12H2,1H3. The second-order valence-electron chi connectivity index (χ2n) is 6.88. The van der Waals surface area contributed by atoms with Crippen LogP contribution in [0.15, 0.2) is 66.9 Å². The molecular formula is C22H18ClN5O4. The maximum atomic E-state index is 12.7. The van der Waals surface area contributed by atoms with E-state index in [4.69, 9.17) is 16.3 Å². The van der Waals surface area contributed by atoms with Gasteiger partial charge in [-0.15, -0.1) is 0 Å². The van der Waals surface area contributed by atoms with Gasteiger partial charge in [0.1, 0.15) is 19.3 Å². The van der Waals surface area contributed by atoms with Crippen LogP contribution in [0, 0.1) is 17.0 Å². The summed E-state index contributed by atoms with van der Waals surface area (Å²) in [6.45, 7) is 1.69. The number of aromatic nitrogens is 4. The van der Waals surface area contributed by atoms with Crippen molar-refractivity contribution in [1.29, 1.82) is 0 Å². The lowest BCUT2D eigenvalue weighted by Crippen LogP contribution is -2.14. The van der Waals surface area contributed by atoms with Crippen LogP contribution in [0.4, 0.5) is 5.82 Å². The minimum Gasteiger partial charge on any atom is -0.457 e. The predicted molar refractivity (Wildman–Crippen MR) is 118 cm³/mol. The summed E-state index contributed by atoms with van der Waals surface area (Å²) in [5, 5.41) is 16.1. The van der Waals surface area contributed by atoms with Crippen LogP contribution in [0.5, 0.6) is 0 Å². The Morgan fingerprint density at radius 1 is 1.16 bits per heavy atom. The minimum absolute atomic E-state index is 0.0641. The van der Waals surface area contributed by atoms with Gasteiger partial charge in [-0.25, -0.2) is 19.0 Å². The number of halogens is 1. The smallest absolute Gasteiger partial charge is 0.359 e. The van der Waals surface area contributed by atoms with E-state index in [0.29, 0.717) is 16.5 Å². The normalized spacial score (nSPS) is 10.8. The van der Waals surface area contributed by atoms with Gasteiger partial charge in [-0.3, -0.25) is 0 Å². The van der Waals surface area contributed by atoms with Crippen molar-refractivity contribution in [2.24, 2.45) is 0 Å². The van der Waals surface area contributed by atoms with Crippen LogP contribution in [0.2, 0.25) is 5.02 Å². The Morgan fingerprint density at radius 2 is 1.88 bits per heavy atom. The zero-order valence-corrected chi connectivity index (χ0v) is 17.8. The van der Waals surface area contributed by atoms with Crippen LogP contribution in [-0.2, 0) is 11.3 Å². The summed E-state index contributed by atoms with van der Waals surface area (Å²) in [6, 6.07) is 18.2. The van der Waals surface area contributed by atoms with Crippen LogP contribution >= 0.6 is 11.6 Å². The maximum Gasteiger partial charge on any atom is 0.359 e. The number of benzene rings is 2. The summed E-state index contributed by atoms with van der Waals surface area (Å²) in [7, 11) is 0. The van der Waals surface area contributed by atoms with E-state index in [1.54, 1.807) is 29.8 Å². The molecule has 4 aromatic rings. The molecule has 0 unspecified atom stereocenters. The van der Waals surface area contributed by atoms with Gasteiger partial charge < -0.3 is 14.9 Å². The molecule has 0 fully saturated rings. The molecule has 162 valence electrons. The third-order valence-corrected chi connectivity index (χ3v) is 5.08. The number of rotatable bonds is 7. The van der Waals surface area contributed by atoms with Gasteiger partial charge in [0.2, 0.25) is 0 Å². The minimum atomic E-state index is -0.629. The van der Waals surface area contributed by atoms with Crippen LogP contribution in [0.25, 0.3) is 16.9 Å². The molecule has 0 radical (unpaired) electrons. The van der Waals surface area contributed by atoms with Crippen molar-refractivity contribution in [2.45, 2.75) is 13.5 Å². The first-order valence-corrected chi connectivity index (χ1v) is 10.1. The van der Waals surface area contributed by atoms with E-state index in [1.165, 1.54) is 10.8 Å². The van der Waals surface area contributed by atoms with Gasteiger partial charge in [0.15, 0.2) is 11.5 Å². The molecule has 2 aromatic carbocycles. The lowest BCUT2D eigenvalue weighted by atomic mass is 10.1. The molecule has 0 atom stereocenters. The number of hydrogen-bond acceptors (Lipinski definition) is 6. The van der Waals surface area contributed by atoms with Gasteiger partial charge in [0.25, 0.3) is 0 Å². The Bertz CT molecular complexity index is 1270. The number of imidazole rings is 1. The maximum absolute atomic E-state index is 12.7. The Balaban J connectivity index is 1.57. The van der Waals surface area contributed by atoms with Gasteiger partial charge >= 0.3 is 11.8 Å². The summed E-state index contributed by atoms with van der Waals surface area (Å²) in [6.07, 6.45) is 1.18. The summed E-state index contributed by atoms with van der Waals surface area (Å²) in [4.78, 5) is 27.2. The molecule has 0 aliphatic rings. The number of carbonyl (C=O) groups excluding carboxylic acids is 1. The topological polar surface area (TPSA) is 105 Å². The Hall–Kier alpha value is -3.98. The Kier molecular flexibility index (Phi) is 6.00. The second kappa shape index (κ2) is 9.03. The molecule has 10 heteroatoms. The number of para-hydroxylation sites is 1. The third kappa shape index (κ3) is 4.37. The highest BCUT2D eigenvalue weighted by Crippen LogP contribution is 2.26. The van der Waals surface area contributed by atoms with Crippen LogP contribution < -0.4 is 0 Å². The number of carbonyl (C=O) groups is 1. The van der Waals surface area contributed by atoms with E-state index in [9.17, 15) is 14.9 Å². The van der Waals surface area contributed by atoms with Crippen molar-refractivity contribution in [3.63, 3.8) is 0 Å².